The minimum atomic E-state index is -0.523. The van der Waals surface area contributed by atoms with E-state index in [2.05, 4.69) is 13.8 Å². The summed E-state index contributed by atoms with van der Waals surface area (Å²) in [6.07, 6.45) is 4.28. The van der Waals surface area contributed by atoms with Gasteiger partial charge in [-0.15, -0.1) is 0 Å². The maximum Gasteiger partial charge on any atom is 0.233 e. The molecule has 0 unspecified atom stereocenters. The summed E-state index contributed by atoms with van der Waals surface area (Å²) in [5.41, 5.74) is 0.475. The number of rotatable bonds is 2. The number of benzene rings is 1. The van der Waals surface area contributed by atoms with Crippen molar-refractivity contribution in [2.24, 2.45) is 10.8 Å². The Hall–Kier alpha value is -1.91. The first-order valence-electron chi connectivity index (χ1n) is 9.99. The number of carbonyl (C=O) groups excluding carboxylic acids is 2. The Morgan fingerprint density at radius 2 is 1.67 bits per heavy atom. The van der Waals surface area contributed by atoms with Gasteiger partial charge in [-0.25, -0.2) is 4.39 Å². The quantitative estimate of drug-likeness (QED) is 0.799. The van der Waals surface area contributed by atoms with Crippen molar-refractivity contribution in [3.05, 3.63) is 35.6 Å². The van der Waals surface area contributed by atoms with Crippen molar-refractivity contribution in [1.29, 1.82) is 0 Å². The molecule has 3 fully saturated rings. The molecule has 0 radical (unpaired) electrons. The number of hydrogen-bond acceptors (Lipinski definition) is 2. The Kier molecular flexibility index (Phi) is 4.13. The predicted octanol–water partition coefficient (Wildman–Crippen LogP) is 3.35. The molecule has 1 saturated carbocycles. The van der Waals surface area contributed by atoms with E-state index in [0.29, 0.717) is 6.42 Å². The van der Waals surface area contributed by atoms with Crippen LogP contribution in [-0.2, 0) is 15.0 Å². The Bertz CT molecular complexity index is 765. The number of nitrogens with zero attached hydrogens (tertiary/aromatic N) is 2. The second-order valence-electron chi connectivity index (χ2n) is 9.51. The van der Waals surface area contributed by atoms with E-state index in [1.54, 1.807) is 12.1 Å². The third kappa shape index (κ3) is 2.86. The highest BCUT2D eigenvalue weighted by molar-refractivity contribution is 5.93. The van der Waals surface area contributed by atoms with Gasteiger partial charge in [0.05, 0.1) is 5.41 Å². The molecule has 1 aromatic carbocycles. The normalized spacial score (nSPS) is 29.1. The summed E-state index contributed by atoms with van der Waals surface area (Å²) in [6, 6.07) is 6.46. The lowest BCUT2D eigenvalue weighted by atomic mass is 9.72. The van der Waals surface area contributed by atoms with Crippen LogP contribution in [0.5, 0.6) is 0 Å². The lowest BCUT2D eigenvalue weighted by molar-refractivity contribution is -0.142. The largest absolute Gasteiger partial charge is 0.345 e. The van der Waals surface area contributed by atoms with E-state index in [-0.39, 0.29) is 28.5 Å². The molecule has 4 rings (SSSR count). The molecular weight excluding hydrogens is 343 g/mol. The second kappa shape index (κ2) is 6.05. The fourth-order valence-electron chi connectivity index (χ4n) is 5.43. The van der Waals surface area contributed by atoms with Gasteiger partial charge in [-0.05, 0) is 54.2 Å². The van der Waals surface area contributed by atoms with E-state index in [1.165, 1.54) is 12.1 Å². The van der Waals surface area contributed by atoms with Gasteiger partial charge in [0.15, 0.2) is 0 Å². The minimum absolute atomic E-state index is 0.103. The fraction of sp³-hybridized carbons (Fsp3) is 0.636. The molecule has 4 nitrogen and oxygen atoms in total. The number of piperidine rings is 2. The summed E-state index contributed by atoms with van der Waals surface area (Å²) in [5, 5.41) is 0. The Labute approximate surface area is 160 Å². The number of carbonyl (C=O) groups is 2. The molecule has 1 atom stereocenters. The molecule has 27 heavy (non-hydrogen) atoms. The van der Waals surface area contributed by atoms with Gasteiger partial charge >= 0.3 is 0 Å². The van der Waals surface area contributed by atoms with Crippen molar-refractivity contribution in [1.82, 2.24) is 9.80 Å². The first-order valence-corrected chi connectivity index (χ1v) is 9.99. The molecular formula is C22H29FN2O2. The van der Waals surface area contributed by atoms with Crippen LogP contribution in [0, 0.1) is 16.6 Å². The van der Waals surface area contributed by atoms with Gasteiger partial charge in [-0.3, -0.25) is 9.59 Å². The van der Waals surface area contributed by atoms with Crippen LogP contribution in [0.15, 0.2) is 24.3 Å². The SMILES string of the molecule is CN1CC2(CCC1=O)CCN(C(=O)[C@]1(c3ccc(F)cc3)CC1(C)C)CC2. The van der Waals surface area contributed by atoms with Gasteiger partial charge in [0.25, 0.3) is 0 Å². The highest BCUT2D eigenvalue weighted by atomic mass is 19.1. The van der Waals surface area contributed by atoms with E-state index >= 15 is 0 Å². The average molecular weight is 372 g/mol. The first-order chi connectivity index (χ1) is 12.7. The van der Waals surface area contributed by atoms with E-state index in [9.17, 15) is 14.0 Å². The molecule has 0 aromatic heterocycles. The second-order valence-corrected chi connectivity index (χ2v) is 9.51. The number of halogens is 1. The third-order valence-electron chi connectivity index (χ3n) is 7.42. The lowest BCUT2D eigenvalue weighted by Crippen LogP contribution is -2.53. The van der Waals surface area contributed by atoms with Crippen molar-refractivity contribution in [3.8, 4) is 0 Å². The van der Waals surface area contributed by atoms with E-state index in [1.807, 2.05) is 16.8 Å². The summed E-state index contributed by atoms with van der Waals surface area (Å²) in [5.74, 6) is 0.152. The van der Waals surface area contributed by atoms with Crippen molar-refractivity contribution in [3.63, 3.8) is 0 Å². The van der Waals surface area contributed by atoms with Crippen LogP contribution >= 0.6 is 0 Å². The topological polar surface area (TPSA) is 40.6 Å². The van der Waals surface area contributed by atoms with Crippen LogP contribution < -0.4 is 0 Å². The third-order valence-corrected chi connectivity index (χ3v) is 7.42. The highest BCUT2D eigenvalue weighted by Gasteiger charge is 2.68. The van der Waals surface area contributed by atoms with Gasteiger partial charge in [0.2, 0.25) is 11.8 Å². The van der Waals surface area contributed by atoms with Gasteiger partial charge in [0, 0.05) is 33.1 Å². The lowest BCUT2D eigenvalue weighted by Gasteiger charge is -2.47. The van der Waals surface area contributed by atoms with Gasteiger partial charge < -0.3 is 9.80 Å². The summed E-state index contributed by atoms with van der Waals surface area (Å²) >= 11 is 0. The maximum absolute atomic E-state index is 13.5. The molecule has 2 saturated heterocycles. The molecule has 5 heteroatoms. The van der Waals surface area contributed by atoms with Gasteiger partial charge in [-0.2, -0.15) is 0 Å². The molecule has 1 aliphatic carbocycles. The van der Waals surface area contributed by atoms with E-state index in [0.717, 1.165) is 50.9 Å². The Morgan fingerprint density at radius 3 is 2.19 bits per heavy atom. The average Bonchev–Trinajstić information content (AvgIpc) is 3.23. The zero-order valence-electron chi connectivity index (χ0n) is 16.6. The van der Waals surface area contributed by atoms with Crippen molar-refractivity contribution in [2.45, 2.75) is 51.4 Å². The smallest absolute Gasteiger partial charge is 0.233 e. The standard InChI is InChI=1S/C22H29FN2O2/c1-20(2)14-22(20,16-4-6-17(23)7-5-16)19(27)25-12-10-21(11-13-25)9-8-18(26)24(3)15-21/h4-7H,8-15H2,1-3H3/t22-/m1/s1. The van der Waals surface area contributed by atoms with Crippen molar-refractivity contribution in [2.75, 3.05) is 26.7 Å². The summed E-state index contributed by atoms with van der Waals surface area (Å²) in [6.45, 7) is 6.56. The Balaban J connectivity index is 1.50. The minimum Gasteiger partial charge on any atom is -0.345 e. The predicted molar refractivity (Wildman–Crippen MR) is 102 cm³/mol. The van der Waals surface area contributed by atoms with Gasteiger partial charge in [-0.1, -0.05) is 26.0 Å². The van der Waals surface area contributed by atoms with Crippen LogP contribution in [-0.4, -0.2) is 48.3 Å². The van der Waals surface area contributed by atoms with Crippen LogP contribution in [0.25, 0.3) is 0 Å². The molecule has 146 valence electrons. The molecule has 0 bridgehead atoms. The number of amides is 2. The zero-order chi connectivity index (χ0) is 19.4. The summed E-state index contributed by atoms with van der Waals surface area (Å²) in [7, 11) is 1.89. The van der Waals surface area contributed by atoms with Crippen LogP contribution in [0.2, 0.25) is 0 Å². The van der Waals surface area contributed by atoms with E-state index in [4.69, 9.17) is 0 Å². The molecule has 2 amide bonds. The molecule has 2 heterocycles. The highest BCUT2D eigenvalue weighted by Crippen LogP contribution is 2.65. The molecule has 0 N–H and O–H groups in total. The summed E-state index contributed by atoms with van der Waals surface area (Å²) in [4.78, 5) is 29.2. The summed E-state index contributed by atoms with van der Waals surface area (Å²) < 4.78 is 13.4. The number of likely N-dealkylation sites (tertiary alicyclic amines) is 2. The van der Waals surface area contributed by atoms with Crippen LogP contribution in [0.4, 0.5) is 4.39 Å². The molecule has 1 aromatic rings. The maximum atomic E-state index is 13.5. The van der Waals surface area contributed by atoms with Gasteiger partial charge in [0.1, 0.15) is 5.82 Å². The zero-order valence-corrected chi connectivity index (χ0v) is 16.6. The van der Waals surface area contributed by atoms with Crippen molar-refractivity contribution < 1.29 is 14.0 Å². The number of hydrogen-bond donors (Lipinski definition) is 0. The first kappa shape index (κ1) is 18.5. The molecule has 1 spiro atoms. The van der Waals surface area contributed by atoms with E-state index < -0.39 is 5.41 Å². The van der Waals surface area contributed by atoms with Crippen LogP contribution in [0.3, 0.4) is 0 Å². The monoisotopic (exact) mass is 372 g/mol. The van der Waals surface area contributed by atoms with Crippen LogP contribution in [0.1, 0.15) is 51.5 Å². The van der Waals surface area contributed by atoms with Crippen molar-refractivity contribution >= 4 is 11.8 Å². The molecule has 3 aliphatic rings. The fourth-order valence-corrected chi connectivity index (χ4v) is 5.43. The molecule has 2 aliphatic heterocycles. The Morgan fingerprint density at radius 1 is 1.07 bits per heavy atom.